The van der Waals surface area contributed by atoms with E-state index in [0.717, 1.165) is 0 Å². The number of hydrogen-bond acceptors (Lipinski definition) is 0. The van der Waals surface area contributed by atoms with Gasteiger partial charge in [-0.25, -0.2) is 17.6 Å². The van der Waals surface area contributed by atoms with Gasteiger partial charge in [0.05, 0.1) is 12.2 Å². The van der Waals surface area contributed by atoms with Gasteiger partial charge >= 0.3 is 0 Å². The maximum absolute atomic E-state index is 10.2. The smallest absolute Gasteiger partial charge is 0.171 e. The molecule has 0 aromatic rings. The summed E-state index contributed by atoms with van der Waals surface area (Å²) < 4.78 is 79.4. The summed E-state index contributed by atoms with van der Waals surface area (Å²) in [6.07, 6.45) is -4.17. The normalized spacial score (nSPS) is 4.55. The van der Waals surface area contributed by atoms with E-state index in [-0.39, 0.29) is 0 Å². The number of rotatable bonds is 0. The van der Waals surface area contributed by atoms with Crippen LogP contribution in [0.4, 0.5) is 32.1 Å². The van der Waals surface area contributed by atoms with E-state index in [4.69, 9.17) is 0 Å². The molecule has 0 atom stereocenters. The minimum atomic E-state index is -2.08. The molecule has 0 amide bonds. The Morgan fingerprint density at radius 2 is 0.636 bits per heavy atom. The first-order valence-corrected chi connectivity index (χ1v) is 4.78. The fourth-order valence-corrected chi connectivity index (χ4v) is 0. The zero-order valence-corrected chi connectivity index (χ0v) is 41.5. The van der Waals surface area contributed by atoms with Crippen molar-refractivity contribution in [3.05, 3.63) is 39.2 Å². The maximum atomic E-state index is 10.2. The van der Waals surface area contributed by atoms with Gasteiger partial charge in [-0.15, -0.1) is 0 Å². The van der Waals surface area contributed by atoms with Crippen LogP contribution in [0.25, 0.3) is 0 Å². The Kier molecular flexibility index (Phi) is 874. The second-order valence-electron chi connectivity index (χ2n) is 0.957. The van der Waals surface area contributed by atoms with Crippen LogP contribution in [0.3, 0.4) is 0 Å². The fourth-order valence-electron chi connectivity index (χ4n) is 0. The molecule has 0 unspecified atom stereocenters. The summed E-state index contributed by atoms with van der Waals surface area (Å²) in [4.78, 5) is 0. The van der Waals surface area contributed by atoms with Gasteiger partial charge in [0.25, 0.3) is 0 Å². The molecule has 22 heavy (non-hydrogen) atoms. The van der Waals surface area contributed by atoms with Crippen molar-refractivity contribution in [3.8, 4) is 0 Å². The molecule has 0 aliphatic rings. The molecule has 0 aliphatic carbocycles. The number of halogens is 10. The molecule has 124 valence electrons. The van der Waals surface area contributed by atoms with E-state index in [1.807, 2.05) is 0 Å². The van der Waals surface area contributed by atoms with Crippen molar-refractivity contribution in [1.29, 1.82) is 0 Å². The Balaban J connectivity index is -0.00000000966. The molecular weight excluding hydrogens is 1570 g/mol. The molecule has 0 saturated carbocycles. The predicted octanol–water partition coefficient (Wildman–Crippen LogP) is 6.59. The summed E-state index contributed by atoms with van der Waals surface area (Å²) in [5, 5.41) is 0. The number of hydrogen-bond donors (Lipinski definition) is 0. The van der Waals surface area contributed by atoms with Crippen molar-refractivity contribution in [2.45, 2.75) is 0 Å². The van der Waals surface area contributed by atoms with Crippen LogP contribution < -0.4 is 0 Å². The quantitative estimate of drug-likeness (QED) is 0.146. The molecule has 0 nitrogen and oxygen atoms in total. The van der Waals surface area contributed by atoms with Crippen LogP contribution in [0.2, 0.25) is 0 Å². The SMILES string of the molecule is FI.FI.[CH-]=C(F)F.[CH-]=C(F)F.[CH2-]CF.[CH2-]CF.[Rf].[Rf].[Rf].[Rf]. The van der Waals surface area contributed by atoms with Crippen molar-refractivity contribution in [2.24, 2.45) is 0 Å². The molecule has 0 N–H and O–H groups in total. The first kappa shape index (κ1) is 79.1. The Hall–Kier alpha value is -3.62. The molecule has 0 bridgehead atoms. The maximum Gasteiger partial charge on any atom is 0.171 e. The topological polar surface area (TPSA) is 0 Å². The first-order chi connectivity index (χ1) is 8.29. The van der Waals surface area contributed by atoms with Crippen LogP contribution in [-0.2, 0) is 0 Å². The van der Waals surface area contributed by atoms with Crippen molar-refractivity contribution in [1.82, 2.24) is 0 Å². The molecule has 0 spiro atoms. The second kappa shape index (κ2) is 243. The van der Waals surface area contributed by atoms with Crippen molar-refractivity contribution in [3.63, 3.8) is 0 Å². The van der Waals surface area contributed by atoms with Crippen LogP contribution in [0.1, 0.15) is 0 Å². The van der Waals surface area contributed by atoms with Gasteiger partial charge in [0.15, 0.2) is 46.3 Å². The van der Waals surface area contributed by atoms with Gasteiger partial charge in [-0.05, 0) is 13.3 Å². The van der Waals surface area contributed by atoms with E-state index in [1.165, 1.54) is 0 Å². The summed E-state index contributed by atoms with van der Waals surface area (Å²) in [7, 11) is 0. The Labute approximate surface area is 130 Å². The van der Waals surface area contributed by atoms with Crippen LogP contribution in [0, 0.1) is 27.0 Å². The molecule has 0 saturated heterocycles. The molecule has 0 fully saturated rings. The largest absolute Gasteiger partial charge is 0.445 e. The van der Waals surface area contributed by atoms with Crippen LogP contribution in [0.5, 0.6) is 0 Å². The Morgan fingerprint density at radius 3 is 0.636 bits per heavy atom. The van der Waals surface area contributed by atoms with Crippen LogP contribution in [-0.4, -0.2) is 13.3 Å². The van der Waals surface area contributed by atoms with E-state index < -0.39 is 25.5 Å². The molecular formula is C8H10F8I2Rf4-4. The van der Waals surface area contributed by atoms with Crippen LogP contribution in [0.15, 0.2) is 12.2 Å². The summed E-state index contributed by atoms with van der Waals surface area (Å²) in [5.41, 5.74) is 0. The van der Waals surface area contributed by atoms with Gasteiger partial charge in [-0.3, -0.25) is 8.78 Å². The van der Waals surface area contributed by atoms with Gasteiger partial charge in [0.1, 0.15) is 0 Å². The minimum Gasteiger partial charge on any atom is -0.445 e. The van der Waals surface area contributed by atoms with Crippen molar-refractivity contribution in [2.75, 3.05) is 13.3 Å². The molecule has 14 heteroatoms. The predicted molar refractivity (Wildman–Crippen MR) is 73.0 cm³/mol. The van der Waals surface area contributed by atoms with Gasteiger partial charge in [0.2, 0.25) is 0 Å². The summed E-state index contributed by atoms with van der Waals surface area (Å²) >= 11 is 1.30. The fraction of sp³-hybridized carbons (Fsp3) is 0.250. The average molecular weight is 1580 g/mol. The van der Waals surface area contributed by atoms with E-state index >= 15 is 0 Å². The molecule has 0 aliphatic heterocycles. The summed E-state index contributed by atoms with van der Waals surface area (Å²) in [6, 6.07) is 0. The van der Waals surface area contributed by atoms with Gasteiger partial charge in [-0.1, -0.05) is 0 Å². The van der Waals surface area contributed by atoms with Crippen molar-refractivity contribution < 1.29 is 32.1 Å². The molecule has 0 rings (SSSR count). The van der Waals surface area contributed by atoms with Crippen LogP contribution >= 0.6 is 46.3 Å². The third kappa shape index (κ3) is 296. The van der Waals surface area contributed by atoms with Gasteiger partial charge in [0, 0.05) is 0 Å². The number of alkyl halides is 2. The summed E-state index contributed by atoms with van der Waals surface area (Å²) in [5.74, 6) is 0. The molecule has 0 aromatic heterocycles. The van der Waals surface area contributed by atoms with Gasteiger partial charge < -0.3 is 27.0 Å². The second-order valence-corrected chi connectivity index (χ2v) is 0.957. The third-order valence-electron chi connectivity index (χ3n) is 0. The standard InChI is InChI=1S/2C2HF2.2C2H4F.2FI.4Rf/c2*1-2(3)4;2*1-2-3;2*1-2;;;;/h2*1H;2*1-2H2;;;;;;/q4*-1;;;;;;. The molecule has 0 heterocycles. The monoisotopic (exact) mass is 1580 g/mol. The average Bonchev–Trinajstić information content (AvgIpc) is 2.23. The minimum absolute atomic E-state index is 0. The van der Waals surface area contributed by atoms with Gasteiger partial charge in [-0.2, -0.15) is 5.72 Å². The first-order valence-electron chi connectivity index (χ1n) is 3.15. The molecule has 0 radical (unpaired) electrons. The van der Waals surface area contributed by atoms with Crippen molar-refractivity contribution >= 4 is 46.3 Å². The Morgan fingerprint density at radius 1 is 0.636 bits per heavy atom. The zero-order valence-electron chi connectivity index (χ0n) is 11.6. The third-order valence-corrected chi connectivity index (χ3v) is 0. The Bertz CT molecular complexity index is 117. The van der Waals surface area contributed by atoms with E-state index in [2.05, 4.69) is 27.0 Å². The summed E-state index contributed by atoms with van der Waals surface area (Å²) in [6.45, 7) is 12.0. The zero-order chi connectivity index (χ0) is 16.6. The van der Waals surface area contributed by atoms with E-state index in [0.29, 0.717) is 46.3 Å². The van der Waals surface area contributed by atoms with E-state index in [1.54, 1.807) is 0 Å². The molecule has 0 aromatic carbocycles. The van der Waals surface area contributed by atoms with E-state index in [9.17, 15) is 32.1 Å².